The molecule has 2 nitrogen and oxygen atoms in total. The van der Waals surface area contributed by atoms with Gasteiger partial charge >= 0.3 is 0 Å². The Morgan fingerprint density at radius 1 is 1.50 bits per heavy atom. The van der Waals surface area contributed by atoms with E-state index in [1.807, 2.05) is 19.0 Å². The average molecular weight is 229 g/mol. The van der Waals surface area contributed by atoms with E-state index in [1.54, 1.807) is 0 Å². The molecule has 0 amide bonds. The van der Waals surface area contributed by atoms with Crippen molar-refractivity contribution in [1.29, 1.82) is 0 Å². The first-order valence-electron chi connectivity index (χ1n) is 2.56. The predicted octanol–water partition coefficient (Wildman–Crippen LogP) is 0.957. The van der Waals surface area contributed by atoms with Gasteiger partial charge in [0.25, 0.3) is 0 Å². The minimum atomic E-state index is 0.739. The first-order valence-corrected chi connectivity index (χ1v) is 4.08. The van der Waals surface area contributed by atoms with Crippen LogP contribution in [0.1, 0.15) is 0 Å². The third-order valence-corrected chi connectivity index (χ3v) is 1.01. The molecule has 0 aromatic heterocycles. The quantitative estimate of drug-likeness (QED) is 0.308. The van der Waals surface area contributed by atoms with Crippen LogP contribution in [0.3, 0.4) is 0 Å². The molecule has 0 atom stereocenters. The van der Waals surface area contributed by atoms with Gasteiger partial charge in [-0.3, -0.25) is 4.90 Å². The predicted molar refractivity (Wildman–Crippen MR) is 43.4 cm³/mol. The van der Waals surface area contributed by atoms with Crippen molar-refractivity contribution >= 4 is 22.6 Å². The summed E-state index contributed by atoms with van der Waals surface area (Å²) >= 11 is 2.29. The molecule has 0 aromatic carbocycles. The number of hydrogen-bond donors (Lipinski definition) is 0. The number of nitrogens with zero attached hydrogens (tertiary/aromatic N) is 1. The second-order valence-electron chi connectivity index (χ2n) is 1.81. The van der Waals surface area contributed by atoms with Crippen LogP contribution >= 0.6 is 22.6 Å². The van der Waals surface area contributed by atoms with E-state index >= 15 is 0 Å². The summed E-state index contributed by atoms with van der Waals surface area (Å²) < 4.78 is 6.24. The molecule has 50 valence electrons. The second-order valence-corrected chi connectivity index (χ2v) is 2.88. The van der Waals surface area contributed by atoms with E-state index in [0.717, 1.165) is 17.8 Å². The summed E-state index contributed by atoms with van der Waals surface area (Å²) in [4.78, 5) is 2.01. The van der Waals surface area contributed by atoms with E-state index in [-0.39, 0.29) is 0 Å². The highest BCUT2D eigenvalue weighted by molar-refractivity contribution is 14.1. The molecular formula is C5H12INO. The van der Waals surface area contributed by atoms with E-state index in [4.69, 9.17) is 4.74 Å². The Kier molecular flexibility index (Phi) is 6.25. The number of halogens is 1. The molecule has 0 aliphatic heterocycles. The fraction of sp³-hybridized carbons (Fsp3) is 1.00. The third kappa shape index (κ3) is 6.65. The first kappa shape index (κ1) is 8.65. The number of alkyl halides is 1. The summed E-state index contributed by atoms with van der Waals surface area (Å²) in [7, 11) is 3.99. The van der Waals surface area contributed by atoms with Crippen LogP contribution in [0.25, 0.3) is 0 Å². The summed E-state index contributed by atoms with van der Waals surface area (Å²) in [5.41, 5.74) is 0. The molecule has 0 spiro atoms. The van der Waals surface area contributed by atoms with Crippen molar-refractivity contribution < 1.29 is 4.74 Å². The second kappa shape index (κ2) is 5.78. The van der Waals surface area contributed by atoms with Crippen molar-refractivity contribution in [3.63, 3.8) is 0 Å². The van der Waals surface area contributed by atoms with Gasteiger partial charge in [0.2, 0.25) is 0 Å². The van der Waals surface area contributed by atoms with Gasteiger partial charge in [0.1, 0.15) is 0 Å². The lowest BCUT2D eigenvalue weighted by Gasteiger charge is -2.07. The van der Waals surface area contributed by atoms with Crippen molar-refractivity contribution in [2.45, 2.75) is 0 Å². The largest absolute Gasteiger partial charge is 0.365 e. The molecule has 0 saturated heterocycles. The first-order chi connectivity index (χ1) is 3.77. The van der Waals surface area contributed by atoms with Crippen molar-refractivity contribution in [3.8, 4) is 0 Å². The van der Waals surface area contributed by atoms with Crippen LogP contribution in [0.15, 0.2) is 0 Å². The maximum atomic E-state index is 5.16. The standard InChI is InChI=1S/C5H12INO/c1-7(2)5-8-4-3-6/h3-5H2,1-2H3. The van der Waals surface area contributed by atoms with Gasteiger partial charge in [-0.05, 0) is 14.1 Å². The molecule has 0 aliphatic rings. The third-order valence-electron chi connectivity index (χ3n) is 0.571. The maximum Gasteiger partial charge on any atom is 0.0985 e. The monoisotopic (exact) mass is 229 g/mol. The van der Waals surface area contributed by atoms with Crippen LogP contribution in [0.5, 0.6) is 0 Å². The molecule has 3 heteroatoms. The summed E-state index contributed by atoms with van der Waals surface area (Å²) in [6, 6.07) is 0. The summed E-state index contributed by atoms with van der Waals surface area (Å²) in [6.45, 7) is 1.60. The zero-order valence-electron chi connectivity index (χ0n) is 5.35. The van der Waals surface area contributed by atoms with Gasteiger partial charge in [-0.1, -0.05) is 22.6 Å². The van der Waals surface area contributed by atoms with Crippen molar-refractivity contribution in [2.24, 2.45) is 0 Å². The van der Waals surface area contributed by atoms with Gasteiger partial charge < -0.3 is 4.74 Å². The zero-order chi connectivity index (χ0) is 6.41. The fourth-order valence-electron chi connectivity index (χ4n) is 0.302. The molecule has 0 radical (unpaired) electrons. The smallest absolute Gasteiger partial charge is 0.0985 e. The van der Waals surface area contributed by atoms with E-state index in [0.29, 0.717) is 0 Å². The van der Waals surface area contributed by atoms with Crippen LogP contribution < -0.4 is 0 Å². The molecule has 0 unspecified atom stereocenters. The highest BCUT2D eigenvalue weighted by atomic mass is 127. The van der Waals surface area contributed by atoms with Crippen molar-refractivity contribution in [2.75, 3.05) is 31.9 Å². The number of rotatable bonds is 4. The molecule has 0 rings (SSSR count). The number of ether oxygens (including phenoxy) is 1. The van der Waals surface area contributed by atoms with Crippen LogP contribution in [0.4, 0.5) is 0 Å². The molecule has 0 fully saturated rings. The minimum Gasteiger partial charge on any atom is -0.365 e. The molecule has 0 N–H and O–H groups in total. The van der Waals surface area contributed by atoms with Crippen LogP contribution in [0, 0.1) is 0 Å². The lowest BCUT2D eigenvalue weighted by Crippen LogP contribution is -2.16. The Morgan fingerprint density at radius 3 is 2.50 bits per heavy atom. The Labute approximate surface area is 64.3 Å². The van der Waals surface area contributed by atoms with Gasteiger partial charge in [-0.25, -0.2) is 0 Å². The van der Waals surface area contributed by atoms with E-state index in [1.165, 1.54) is 0 Å². The molecule has 0 heterocycles. The molecular weight excluding hydrogens is 217 g/mol. The lowest BCUT2D eigenvalue weighted by atomic mass is 10.8. The number of hydrogen-bond acceptors (Lipinski definition) is 2. The summed E-state index contributed by atoms with van der Waals surface area (Å²) in [5, 5.41) is 0. The SMILES string of the molecule is CN(C)COCCI. The summed E-state index contributed by atoms with van der Waals surface area (Å²) in [5.74, 6) is 0. The van der Waals surface area contributed by atoms with Gasteiger partial charge in [0, 0.05) is 4.43 Å². The highest BCUT2D eigenvalue weighted by Gasteiger charge is 1.85. The van der Waals surface area contributed by atoms with E-state index < -0.39 is 0 Å². The molecule has 0 aromatic rings. The lowest BCUT2D eigenvalue weighted by molar-refractivity contribution is 0.0677. The van der Waals surface area contributed by atoms with Crippen LogP contribution in [0.2, 0.25) is 0 Å². The van der Waals surface area contributed by atoms with Crippen LogP contribution in [-0.4, -0.2) is 36.8 Å². The Bertz CT molecular complexity index is 49.7. The van der Waals surface area contributed by atoms with E-state index in [9.17, 15) is 0 Å². The molecule has 0 aliphatic carbocycles. The zero-order valence-corrected chi connectivity index (χ0v) is 7.51. The Morgan fingerprint density at radius 2 is 2.12 bits per heavy atom. The van der Waals surface area contributed by atoms with Crippen molar-refractivity contribution in [3.05, 3.63) is 0 Å². The summed E-state index contributed by atoms with van der Waals surface area (Å²) in [6.07, 6.45) is 0. The molecule has 0 saturated carbocycles. The van der Waals surface area contributed by atoms with E-state index in [2.05, 4.69) is 22.6 Å². The van der Waals surface area contributed by atoms with Crippen molar-refractivity contribution in [1.82, 2.24) is 4.90 Å². The molecule has 8 heavy (non-hydrogen) atoms. The van der Waals surface area contributed by atoms with Gasteiger partial charge in [-0.2, -0.15) is 0 Å². The normalized spacial score (nSPS) is 10.5. The van der Waals surface area contributed by atoms with Crippen LogP contribution in [-0.2, 0) is 4.74 Å². The minimum absolute atomic E-state index is 0.739. The highest BCUT2D eigenvalue weighted by Crippen LogP contribution is 1.83. The van der Waals surface area contributed by atoms with Gasteiger partial charge in [0.05, 0.1) is 13.3 Å². The maximum absolute atomic E-state index is 5.16. The molecule has 0 bridgehead atoms. The Balaban J connectivity index is 2.72. The average Bonchev–Trinajstić information content (AvgIpc) is 1.66. The topological polar surface area (TPSA) is 12.5 Å². The van der Waals surface area contributed by atoms with Gasteiger partial charge in [0.15, 0.2) is 0 Å². The Hall–Kier alpha value is 0.650. The fourth-order valence-corrected chi connectivity index (χ4v) is 0.613. The van der Waals surface area contributed by atoms with Gasteiger partial charge in [-0.15, -0.1) is 0 Å².